The maximum atomic E-state index is 13.0. The van der Waals surface area contributed by atoms with Crippen LogP contribution < -0.4 is 5.32 Å². The Morgan fingerprint density at radius 1 is 1.09 bits per heavy atom. The zero-order valence-corrected chi connectivity index (χ0v) is 18.2. The number of hydrogen-bond donors (Lipinski definition) is 1. The third-order valence-electron chi connectivity index (χ3n) is 5.97. The second-order valence-electron chi connectivity index (χ2n) is 8.07. The highest BCUT2D eigenvalue weighted by atomic mass is 16.3. The molecule has 2 aromatic heterocycles. The van der Waals surface area contributed by atoms with Gasteiger partial charge >= 0.3 is 0 Å². The summed E-state index contributed by atoms with van der Waals surface area (Å²) in [6, 6.07) is 16.5. The van der Waals surface area contributed by atoms with Gasteiger partial charge in [-0.3, -0.25) is 14.6 Å². The number of piperidine rings is 1. The van der Waals surface area contributed by atoms with Crippen molar-refractivity contribution < 1.29 is 14.0 Å². The molecule has 0 radical (unpaired) electrons. The van der Waals surface area contributed by atoms with Gasteiger partial charge in [0.05, 0.1) is 6.26 Å². The molecule has 0 unspecified atom stereocenters. The highest BCUT2D eigenvalue weighted by Gasteiger charge is 2.26. The summed E-state index contributed by atoms with van der Waals surface area (Å²) in [5.74, 6) is -0.0712. The molecular weight excluding hydrogens is 404 g/mol. The first-order valence-corrected chi connectivity index (χ1v) is 10.9. The molecule has 0 atom stereocenters. The van der Waals surface area contributed by atoms with Crippen LogP contribution in [0.3, 0.4) is 0 Å². The number of hydrogen-bond acceptors (Lipinski definition) is 5. The molecule has 1 saturated heterocycles. The summed E-state index contributed by atoms with van der Waals surface area (Å²) in [6.45, 7) is 2.95. The lowest BCUT2D eigenvalue weighted by Crippen LogP contribution is -2.46. The van der Waals surface area contributed by atoms with Crippen LogP contribution in [0.2, 0.25) is 0 Å². The lowest BCUT2D eigenvalue weighted by molar-refractivity contribution is 0.0643. The first-order valence-electron chi connectivity index (χ1n) is 10.9. The average molecular weight is 433 g/mol. The molecule has 2 amide bonds. The zero-order chi connectivity index (χ0) is 22.3. The van der Waals surface area contributed by atoms with E-state index in [9.17, 15) is 9.59 Å². The second-order valence-corrected chi connectivity index (χ2v) is 8.07. The minimum atomic E-state index is -0.319. The lowest BCUT2D eigenvalue weighted by Gasteiger charge is -2.36. The molecule has 0 saturated carbocycles. The monoisotopic (exact) mass is 432 g/mol. The number of aromatic nitrogens is 1. The van der Waals surface area contributed by atoms with Crippen LogP contribution in [0.5, 0.6) is 0 Å². The Morgan fingerprint density at radius 2 is 1.88 bits per heavy atom. The highest BCUT2D eigenvalue weighted by molar-refractivity contribution is 6.02. The van der Waals surface area contributed by atoms with E-state index in [0.717, 1.165) is 44.6 Å². The summed E-state index contributed by atoms with van der Waals surface area (Å²) >= 11 is 0. The number of pyridine rings is 1. The summed E-state index contributed by atoms with van der Waals surface area (Å²) in [5, 5.41) is 2.76. The summed E-state index contributed by atoms with van der Waals surface area (Å²) in [6.07, 6.45) is 6.16. The van der Waals surface area contributed by atoms with E-state index in [1.165, 1.54) is 6.26 Å². The number of furan rings is 1. The molecule has 3 aromatic rings. The molecule has 166 valence electrons. The number of nitrogens with zero attached hydrogens (tertiary/aromatic N) is 3. The summed E-state index contributed by atoms with van der Waals surface area (Å²) < 4.78 is 5.09. The van der Waals surface area contributed by atoms with Gasteiger partial charge in [-0.05, 0) is 61.4 Å². The standard InChI is InChI=1S/C25H28N4O3/c1-28(22-12-16-29(17-13-22)15-11-20-5-2-3-14-26-20)25(31)19-7-9-21(10-8-19)27-24(30)23-6-4-18-32-23/h2-10,14,18,22H,11-13,15-17H2,1H3,(H,27,30). The molecule has 4 rings (SSSR count). The predicted octanol–water partition coefficient (Wildman–Crippen LogP) is 3.71. The van der Waals surface area contributed by atoms with E-state index in [1.54, 1.807) is 36.4 Å². The van der Waals surface area contributed by atoms with Crippen LogP contribution in [0.25, 0.3) is 0 Å². The topological polar surface area (TPSA) is 78.7 Å². The van der Waals surface area contributed by atoms with Crippen LogP contribution in [-0.2, 0) is 6.42 Å². The predicted molar refractivity (Wildman–Crippen MR) is 123 cm³/mol. The number of amides is 2. The molecule has 1 aliphatic heterocycles. The molecule has 0 aliphatic carbocycles. The van der Waals surface area contributed by atoms with Crippen LogP contribution in [-0.4, -0.2) is 59.3 Å². The molecule has 1 fully saturated rings. The molecule has 3 heterocycles. The quantitative estimate of drug-likeness (QED) is 0.616. The third-order valence-corrected chi connectivity index (χ3v) is 5.97. The first kappa shape index (κ1) is 21.8. The van der Waals surface area contributed by atoms with Gasteiger partial charge in [-0.1, -0.05) is 6.07 Å². The van der Waals surface area contributed by atoms with Crippen LogP contribution in [0.1, 0.15) is 39.4 Å². The van der Waals surface area contributed by atoms with E-state index >= 15 is 0 Å². The van der Waals surface area contributed by atoms with Crippen molar-refractivity contribution in [3.8, 4) is 0 Å². The smallest absolute Gasteiger partial charge is 0.291 e. The maximum Gasteiger partial charge on any atom is 0.291 e. The van der Waals surface area contributed by atoms with Crippen LogP contribution in [0.15, 0.2) is 71.5 Å². The number of rotatable bonds is 7. The molecule has 7 heteroatoms. The molecular formula is C25H28N4O3. The molecule has 32 heavy (non-hydrogen) atoms. The zero-order valence-electron chi connectivity index (χ0n) is 18.2. The van der Waals surface area contributed by atoms with Crippen molar-refractivity contribution in [1.82, 2.24) is 14.8 Å². The van der Waals surface area contributed by atoms with E-state index in [1.807, 2.05) is 30.3 Å². The Hall–Kier alpha value is -3.45. The number of carbonyl (C=O) groups excluding carboxylic acids is 2. The van der Waals surface area contributed by atoms with Gasteiger partial charge in [-0.15, -0.1) is 0 Å². The van der Waals surface area contributed by atoms with Crippen molar-refractivity contribution in [3.63, 3.8) is 0 Å². The van der Waals surface area contributed by atoms with Crippen LogP contribution >= 0.6 is 0 Å². The summed E-state index contributed by atoms with van der Waals surface area (Å²) in [7, 11) is 1.88. The van der Waals surface area contributed by atoms with Gasteiger partial charge in [-0.25, -0.2) is 0 Å². The second kappa shape index (κ2) is 10.2. The number of carbonyl (C=O) groups is 2. The fraction of sp³-hybridized carbons (Fsp3) is 0.320. The van der Waals surface area contributed by atoms with Crippen molar-refractivity contribution in [2.45, 2.75) is 25.3 Å². The lowest BCUT2D eigenvalue weighted by atomic mass is 10.0. The number of benzene rings is 1. The molecule has 1 aromatic carbocycles. The Balaban J connectivity index is 1.26. The SMILES string of the molecule is CN(C(=O)c1ccc(NC(=O)c2ccco2)cc1)C1CCN(CCc2ccccn2)CC1. The summed E-state index contributed by atoms with van der Waals surface area (Å²) in [5.41, 5.74) is 2.35. The van der Waals surface area contributed by atoms with Crippen LogP contribution in [0, 0.1) is 0 Å². The molecule has 1 aliphatic rings. The summed E-state index contributed by atoms with van der Waals surface area (Å²) in [4.78, 5) is 33.7. The van der Waals surface area contributed by atoms with Crippen molar-refractivity contribution in [3.05, 3.63) is 84.1 Å². The van der Waals surface area contributed by atoms with Crippen LogP contribution in [0.4, 0.5) is 5.69 Å². The van der Waals surface area contributed by atoms with E-state index in [4.69, 9.17) is 4.42 Å². The maximum absolute atomic E-state index is 13.0. The number of nitrogens with one attached hydrogen (secondary N) is 1. The molecule has 0 spiro atoms. The van der Waals surface area contributed by atoms with Gasteiger partial charge in [0.1, 0.15) is 0 Å². The van der Waals surface area contributed by atoms with E-state index in [-0.39, 0.29) is 23.6 Å². The Kier molecular flexibility index (Phi) is 6.97. The van der Waals surface area contributed by atoms with Gasteiger partial charge < -0.3 is 19.5 Å². The molecule has 1 N–H and O–H groups in total. The van der Waals surface area contributed by atoms with E-state index in [2.05, 4.69) is 21.3 Å². The van der Waals surface area contributed by atoms with Gasteiger partial charge in [-0.2, -0.15) is 0 Å². The molecule has 0 bridgehead atoms. The fourth-order valence-electron chi connectivity index (χ4n) is 4.01. The van der Waals surface area contributed by atoms with Crippen molar-refractivity contribution in [2.75, 3.05) is 32.0 Å². The van der Waals surface area contributed by atoms with E-state index in [0.29, 0.717) is 11.3 Å². The number of anilines is 1. The largest absolute Gasteiger partial charge is 0.459 e. The Morgan fingerprint density at radius 3 is 2.53 bits per heavy atom. The minimum absolute atomic E-state index is 0.000784. The van der Waals surface area contributed by atoms with Crippen molar-refractivity contribution in [1.29, 1.82) is 0 Å². The Bertz CT molecular complexity index is 1010. The Labute approximate surface area is 188 Å². The normalized spacial score (nSPS) is 14.8. The van der Waals surface area contributed by atoms with Gasteiger partial charge in [0, 0.05) is 62.3 Å². The van der Waals surface area contributed by atoms with E-state index < -0.39 is 0 Å². The van der Waals surface area contributed by atoms with Gasteiger partial charge in [0.15, 0.2) is 5.76 Å². The first-order chi connectivity index (χ1) is 15.6. The number of likely N-dealkylation sites (tertiary alicyclic amines) is 1. The minimum Gasteiger partial charge on any atom is -0.459 e. The van der Waals surface area contributed by atoms with Gasteiger partial charge in [0.25, 0.3) is 11.8 Å². The third kappa shape index (κ3) is 5.42. The molecule has 7 nitrogen and oxygen atoms in total. The van der Waals surface area contributed by atoms with Crippen molar-refractivity contribution in [2.24, 2.45) is 0 Å². The average Bonchev–Trinajstić information content (AvgIpc) is 3.39. The van der Waals surface area contributed by atoms with Crippen molar-refractivity contribution >= 4 is 17.5 Å². The highest BCUT2D eigenvalue weighted by Crippen LogP contribution is 2.19. The fourth-order valence-corrected chi connectivity index (χ4v) is 4.01. The van der Waals surface area contributed by atoms with Gasteiger partial charge in [0.2, 0.25) is 0 Å².